The van der Waals surface area contributed by atoms with Gasteiger partial charge < -0.3 is 19.3 Å². The van der Waals surface area contributed by atoms with E-state index in [1.54, 1.807) is 9.80 Å². The summed E-state index contributed by atoms with van der Waals surface area (Å²) < 4.78 is 49.1. The first-order valence-corrected chi connectivity index (χ1v) is 14.8. The fourth-order valence-electron chi connectivity index (χ4n) is 4.72. The zero-order valence-electron chi connectivity index (χ0n) is 26.5. The van der Waals surface area contributed by atoms with Crippen LogP contribution in [0.4, 0.5) is 22.8 Å². The Kier molecular flexibility index (Phi) is 11.4. The van der Waals surface area contributed by atoms with E-state index in [-0.39, 0.29) is 41.4 Å². The maximum atomic E-state index is 12.8. The highest BCUT2D eigenvalue weighted by Crippen LogP contribution is 2.30. The molecule has 0 aromatic carbocycles. The van der Waals surface area contributed by atoms with Crippen molar-refractivity contribution in [3.63, 3.8) is 0 Å². The van der Waals surface area contributed by atoms with Gasteiger partial charge in [-0.3, -0.25) is 15.3 Å². The maximum Gasteiger partial charge on any atom is 0.433 e. The van der Waals surface area contributed by atoms with Gasteiger partial charge in [0.15, 0.2) is 5.82 Å². The molecule has 2 aromatic rings. The number of pyridine rings is 1. The highest BCUT2D eigenvalue weighted by atomic mass is 19.4. The molecule has 0 unspecified atom stereocenters. The van der Waals surface area contributed by atoms with Gasteiger partial charge in [-0.25, -0.2) is 25.4 Å². The second-order valence-corrected chi connectivity index (χ2v) is 12.9. The van der Waals surface area contributed by atoms with E-state index in [2.05, 4.69) is 25.6 Å². The molecular weight excluding hydrogens is 597 g/mol. The van der Waals surface area contributed by atoms with E-state index in [1.165, 1.54) is 12.1 Å². The lowest BCUT2D eigenvalue weighted by Crippen LogP contribution is -2.45. The minimum Gasteiger partial charge on any atom is -0.444 e. The lowest BCUT2D eigenvalue weighted by atomic mass is 9.96. The van der Waals surface area contributed by atoms with Gasteiger partial charge in [0.2, 0.25) is 5.91 Å². The number of ether oxygens (including phenoxy) is 2. The summed E-state index contributed by atoms with van der Waals surface area (Å²) in [4.78, 5) is 46.4. The molecular formula is C29H43F3N8O5. The van der Waals surface area contributed by atoms with Crippen LogP contribution in [0.15, 0.2) is 18.2 Å². The molecule has 0 saturated carbocycles. The minimum absolute atomic E-state index is 0.0331. The number of nitrogens with two attached hydrogens (primary N) is 1. The van der Waals surface area contributed by atoms with Crippen LogP contribution in [-0.4, -0.2) is 85.4 Å². The summed E-state index contributed by atoms with van der Waals surface area (Å²) in [6.45, 7) is 13.0. The van der Waals surface area contributed by atoms with Crippen LogP contribution in [0.3, 0.4) is 0 Å². The largest absolute Gasteiger partial charge is 0.444 e. The van der Waals surface area contributed by atoms with Crippen molar-refractivity contribution in [1.82, 2.24) is 35.4 Å². The second-order valence-electron chi connectivity index (χ2n) is 12.9. The van der Waals surface area contributed by atoms with Crippen molar-refractivity contribution in [2.75, 3.05) is 26.2 Å². The molecule has 0 aliphatic carbocycles. The zero-order chi connectivity index (χ0) is 33.6. The molecule has 2 aromatic heterocycles. The summed E-state index contributed by atoms with van der Waals surface area (Å²) in [6.07, 6.45) is -2.62. The van der Waals surface area contributed by atoms with Gasteiger partial charge in [-0.1, -0.05) is 6.07 Å². The number of halogens is 3. The predicted octanol–water partition coefficient (Wildman–Crippen LogP) is 4.62. The van der Waals surface area contributed by atoms with Crippen LogP contribution in [0.5, 0.6) is 0 Å². The summed E-state index contributed by atoms with van der Waals surface area (Å²) in [7, 11) is 0. The van der Waals surface area contributed by atoms with Gasteiger partial charge in [0.1, 0.15) is 28.4 Å². The topological polar surface area (TPSA) is 169 Å². The molecule has 2 aliphatic rings. The van der Waals surface area contributed by atoms with Crippen molar-refractivity contribution in [1.29, 1.82) is 0 Å². The van der Waals surface area contributed by atoms with E-state index in [0.29, 0.717) is 57.7 Å². The molecule has 3 amide bonds. The van der Waals surface area contributed by atoms with E-state index in [1.807, 2.05) is 41.5 Å². The lowest BCUT2D eigenvalue weighted by molar-refractivity contribution is -0.141. The third kappa shape index (κ3) is 10.9. The first-order chi connectivity index (χ1) is 20.9. The normalized spacial score (nSPS) is 16.8. The van der Waals surface area contributed by atoms with E-state index in [0.717, 1.165) is 6.07 Å². The van der Waals surface area contributed by atoms with Crippen LogP contribution in [0.25, 0.3) is 11.5 Å². The molecule has 45 heavy (non-hydrogen) atoms. The average Bonchev–Trinajstić information content (AvgIpc) is 3.46. The van der Waals surface area contributed by atoms with Gasteiger partial charge in [-0.2, -0.15) is 18.3 Å². The van der Waals surface area contributed by atoms with Crippen molar-refractivity contribution >= 4 is 18.1 Å². The number of carbonyl (C=O) groups is 3. The number of aromatic nitrogens is 4. The fourth-order valence-corrected chi connectivity index (χ4v) is 4.72. The summed E-state index contributed by atoms with van der Waals surface area (Å²) in [6, 6.07) is 3.62. The molecule has 0 atom stereocenters. The summed E-state index contributed by atoms with van der Waals surface area (Å²) in [5.41, 5.74) is 0.184. The Hall–Kier alpha value is -3.95. The van der Waals surface area contributed by atoms with E-state index in [9.17, 15) is 27.6 Å². The molecule has 2 saturated heterocycles. The smallest absolute Gasteiger partial charge is 0.433 e. The van der Waals surface area contributed by atoms with Gasteiger partial charge >= 0.3 is 18.4 Å². The number of aromatic amines is 1. The zero-order valence-corrected chi connectivity index (χ0v) is 26.5. The number of rotatable bonds is 3. The van der Waals surface area contributed by atoms with Crippen molar-refractivity contribution < 1.29 is 37.0 Å². The Labute approximate surface area is 260 Å². The van der Waals surface area contributed by atoms with Crippen molar-refractivity contribution in [3.05, 3.63) is 29.7 Å². The average molecular weight is 641 g/mol. The molecule has 250 valence electrons. The number of hydrogen-bond acceptors (Lipinski definition) is 9. The number of hydrazine groups is 1. The maximum absolute atomic E-state index is 12.8. The van der Waals surface area contributed by atoms with Crippen LogP contribution in [0.2, 0.25) is 0 Å². The number of nitrogens with zero attached hydrogens (tertiary/aromatic N) is 5. The van der Waals surface area contributed by atoms with E-state index < -0.39 is 23.1 Å². The number of nitrogens with one attached hydrogen (secondary N) is 2. The number of piperidine rings is 2. The van der Waals surface area contributed by atoms with Crippen LogP contribution in [0, 0.1) is 5.92 Å². The fraction of sp³-hybridized carbons (Fsp3) is 0.655. The summed E-state index contributed by atoms with van der Waals surface area (Å²) >= 11 is 0. The third-order valence-corrected chi connectivity index (χ3v) is 6.96. The van der Waals surface area contributed by atoms with Gasteiger partial charge in [0, 0.05) is 38.0 Å². The Morgan fingerprint density at radius 1 is 0.867 bits per heavy atom. The Morgan fingerprint density at radius 2 is 1.38 bits per heavy atom. The monoisotopic (exact) mass is 640 g/mol. The minimum atomic E-state index is -4.52. The molecule has 0 spiro atoms. The summed E-state index contributed by atoms with van der Waals surface area (Å²) in [5, 5.41) is 6.81. The summed E-state index contributed by atoms with van der Waals surface area (Å²) in [5.74, 6) is 5.55. The lowest BCUT2D eigenvalue weighted by Gasteiger charge is -2.32. The first-order valence-electron chi connectivity index (χ1n) is 14.8. The van der Waals surface area contributed by atoms with Crippen LogP contribution < -0.4 is 11.3 Å². The van der Waals surface area contributed by atoms with Crippen LogP contribution >= 0.6 is 0 Å². The molecule has 4 heterocycles. The standard InChI is InChI=1S/C18H22F3N5O2.C11H21N3O3/c1-17(2,3)28-16(27)26-9-7-11(8-10-26)14-23-15(25-24-14)12-5-4-6-13(22-12)18(19,20)21;1-11(2,3)17-10(16)14-6-4-8(5-7-14)9(15)13-12/h4-6,11H,7-10H2,1-3H3,(H,23,24,25);8H,4-7,12H2,1-3H3,(H,13,15). The number of amides is 3. The SMILES string of the molecule is CC(C)(C)OC(=O)N1CCC(C(=O)NN)CC1.CC(C)(C)OC(=O)N1CCC(c2nc(-c3cccc(C(F)(F)F)n3)n[nH]2)CC1. The van der Waals surface area contributed by atoms with Gasteiger partial charge in [-0.15, -0.1) is 0 Å². The van der Waals surface area contributed by atoms with Gasteiger partial charge in [0.05, 0.1) is 0 Å². The highest BCUT2D eigenvalue weighted by molar-refractivity contribution is 5.78. The Balaban J connectivity index is 0.000000279. The molecule has 0 radical (unpaired) electrons. The van der Waals surface area contributed by atoms with Crippen LogP contribution in [-0.2, 0) is 20.4 Å². The quantitative estimate of drug-likeness (QED) is 0.246. The molecule has 0 bridgehead atoms. The van der Waals surface area contributed by atoms with Gasteiger partial charge in [0.25, 0.3) is 0 Å². The van der Waals surface area contributed by atoms with E-state index in [4.69, 9.17) is 15.3 Å². The predicted molar refractivity (Wildman–Crippen MR) is 157 cm³/mol. The molecule has 2 fully saturated rings. The number of alkyl halides is 3. The number of carbonyl (C=O) groups excluding carboxylic acids is 3. The molecule has 4 N–H and O–H groups in total. The van der Waals surface area contributed by atoms with Crippen molar-refractivity contribution in [2.45, 2.75) is 90.5 Å². The molecule has 2 aliphatic heterocycles. The van der Waals surface area contributed by atoms with Crippen molar-refractivity contribution in [2.24, 2.45) is 11.8 Å². The Bertz CT molecular complexity index is 1310. The third-order valence-electron chi connectivity index (χ3n) is 6.96. The first kappa shape index (κ1) is 35.5. The second kappa shape index (κ2) is 14.4. The molecule has 16 heteroatoms. The van der Waals surface area contributed by atoms with Crippen LogP contribution in [0.1, 0.15) is 84.7 Å². The van der Waals surface area contributed by atoms with Crippen molar-refractivity contribution in [3.8, 4) is 11.5 Å². The van der Waals surface area contributed by atoms with E-state index >= 15 is 0 Å². The molecule has 4 rings (SSSR count). The molecule has 13 nitrogen and oxygen atoms in total. The highest BCUT2D eigenvalue weighted by Gasteiger charge is 2.33. The number of H-pyrrole nitrogens is 1. The number of hydrogen-bond donors (Lipinski definition) is 3. The Morgan fingerprint density at radius 3 is 1.84 bits per heavy atom. The number of likely N-dealkylation sites (tertiary alicyclic amines) is 2. The van der Waals surface area contributed by atoms with Gasteiger partial charge in [-0.05, 0) is 79.4 Å².